The van der Waals surface area contributed by atoms with E-state index in [1.54, 1.807) is 0 Å². The molecule has 0 aromatic heterocycles. The monoisotopic (exact) mass is 239 g/mol. The first kappa shape index (κ1) is 12.4. The van der Waals surface area contributed by atoms with Crippen molar-refractivity contribution < 1.29 is 9.59 Å². The van der Waals surface area contributed by atoms with Crippen molar-refractivity contribution in [2.75, 3.05) is 33.2 Å². The maximum Gasteiger partial charge on any atom is 0.228 e. The summed E-state index contributed by atoms with van der Waals surface area (Å²) >= 11 is 0. The van der Waals surface area contributed by atoms with Gasteiger partial charge in [0.25, 0.3) is 0 Å². The molecule has 1 N–H and O–H groups in total. The fourth-order valence-electron chi connectivity index (χ4n) is 2.47. The number of nitrogens with zero attached hydrogens (tertiary/aromatic N) is 2. The van der Waals surface area contributed by atoms with Crippen molar-refractivity contribution in [1.29, 1.82) is 0 Å². The molecule has 2 heterocycles. The van der Waals surface area contributed by atoms with E-state index in [2.05, 4.69) is 31.1 Å². The van der Waals surface area contributed by atoms with Crippen LogP contribution in [-0.2, 0) is 9.59 Å². The molecule has 96 valence electrons. The van der Waals surface area contributed by atoms with Crippen LogP contribution in [0, 0.1) is 5.92 Å². The summed E-state index contributed by atoms with van der Waals surface area (Å²) in [5.41, 5.74) is 0.0178. The molecule has 5 heteroatoms. The average Bonchev–Trinajstić information content (AvgIpc) is 2.68. The Labute approximate surface area is 102 Å². The van der Waals surface area contributed by atoms with E-state index in [9.17, 15) is 9.59 Å². The molecular weight excluding hydrogens is 218 g/mol. The largest absolute Gasteiger partial charge is 0.355 e. The first-order valence-electron chi connectivity index (χ1n) is 6.17. The Morgan fingerprint density at radius 3 is 2.65 bits per heavy atom. The molecule has 0 bridgehead atoms. The zero-order valence-electron chi connectivity index (χ0n) is 10.8. The summed E-state index contributed by atoms with van der Waals surface area (Å²) in [6.07, 6.45) is 0.353. The Morgan fingerprint density at radius 1 is 1.41 bits per heavy atom. The van der Waals surface area contributed by atoms with Gasteiger partial charge >= 0.3 is 0 Å². The molecule has 2 rings (SSSR count). The molecule has 2 aliphatic rings. The highest BCUT2D eigenvalue weighted by Gasteiger charge is 2.37. The summed E-state index contributed by atoms with van der Waals surface area (Å²) in [5.74, 6) is -0.0250. The van der Waals surface area contributed by atoms with E-state index in [4.69, 9.17) is 0 Å². The molecule has 0 aromatic carbocycles. The van der Waals surface area contributed by atoms with Gasteiger partial charge in [-0.05, 0) is 20.9 Å². The van der Waals surface area contributed by atoms with Gasteiger partial charge in [-0.2, -0.15) is 0 Å². The molecule has 2 amide bonds. The van der Waals surface area contributed by atoms with E-state index in [1.165, 1.54) is 0 Å². The number of amides is 2. The van der Waals surface area contributed by atoms with Crippen LogP contribution in [0.3, 0.4) is 0 Å². The Kier molecular flexibility index (Phi) is 3.12. The molecule has 2 saturated heterocycles. The fraction of sp³-hybridized carbons (Fsp3) is 0.833. The number of nitrogens with one attached hydrogen (secondary N) is 1. The first-order valence-corrected chi connectivity index (χ1v) is 6.17. The maximum atomic E-state index is 12.3. The molecule has 0 radical (unpaired) electrons. The Morgan fingerprint density at radius 2 is 2.12 bits per heavy atom. The van der Waals surface area contributed by atoms with E-state index in [0.29, 0.717) is 13.0 Å². The standard InChI is InChI=1S/C12H21N3O2/c1-12(2)8-15(5-4-14(12)3)11(17)9-6-10(16)13-7-9/h9H,4-8H2,1-3H3,(H,13,16). The summed E-state index contributed by atoms with van der Waals surface area (Å²) < 4.78 is 0. The average molecular weight is 239 g/mol. The van der Waals surface area contributed by atoms with Crippen LogP contribution in [0.5, 0.6) is 0 Å². The highest BCUT2D eigenvalue weighted by atomic mass is 16.2. The third-order valence-electron chi connectivity index (χ3n) is 3.95. The van der Waals surface area contributed by atoms with Gasteiger partial charge in [0, 0.05) is 38.1 Å². The van der Waals surface area contributed by atoms with Gasteiger partial charge in [0.15, 0.2) is 0 Å². The normalized spacial score (nSPS) is 29.2. The van der Waals surface area contributed by atoms with Crippen molar-refractivity contribution in [3.05, 3.63) is 0 Å². The van der Waals surface area contributed by atoms with Gasteiger partial charge < -0.3 is 10.2 Å². The minimum absolute atomic E-state index is 0.00302. The second-order valence-electron chi connectivity index (χ2n) is 5.70. The maximum absolute atomic E-state index is 12.3. The predicted octanol–water partition coefficient (Wildman–Crippen LogP) is -0.325. The number of hydrogen-bond acceptors (Lipinski definition) is 3. The number of rotatable bonds is 1. The number of carbonyl (C=O) groups is 2. The van der Waals surface area contributed by atoms with Gasteiger partial charge in [0.05, 0.1) is 5.92 Å². The van der Waals surface area contributed by atoms with E-state index in [1.807, 2.05) is 4.90 Å². The van der Waals surface area contributed by atoms with Gasteiger partial charge in [-0.15, -0.1) is 0 Å². The van der Waals surface area contributed by atoms with Gasteiger partial charge in [-0.25, -0.2) is 0 Å². The fourth-order valence-corrected chi connectivity index (χ4v) is 2.47. The van der Waals surface area contributed by atoms with Crippen LogP contribution >= 0.6 is 0 Å². The third-order valence-corrected chi connectivity index (χ3v) is 3.95. The lowest BCUT2D eigenvalue weighted by Crippen LogP contribution is -2.59. The van der Waals surface area contributed by atoms with Crippen LogP contribution in [0.1, 0.15) is 20.3 Å². The summed E-state index contributed by atoms with van der Waals surface area (Å²) in [5, 5.41) is 2.72. The lowest BCUT2D eigenvalue weighted by atomic mass is 9.98. The Hall–Kier alpha value is -1.10. The van der Waals surface area contributed by atoms with Crippen molar-refractivity contribution in [3.8, 4) is 0 Å². The molecule has 1 atom stereocenters. The Bertz CT molecular complexity index is 341. The molecule has 0 saturated carbocycles. The molecule has 0 aromatic rings. The van der Waals surface area contributed by atoms with E-state index < -0.39 is 0 Å². The van der Waals surface area contributed by atoms with Crippen LogP contribution < -0.4 is 5.32 Å². The van der Waals surface area contributed by atoms with Crippen molar-refractivity contribution in [1.82, 2.24) is 15.1 Å². The lowest BCUT2D eigenvalue weighted by Gasteiger charge is -2.45. The van der Waals surface area contributed by atoms with Gasteiger partial charge in [-0.1, -0.05) is 0 Å². The topological polar surface area (TPSA) is 52.6 Å². The zero-order chi connectivity index (χ0) is 12.6. The smallest absolute Gasteiger partial charge is 0.228 e. The predicted molar refractivity (Wildman–Crippen MR) is 64.4 cm³/mol. The number of likely N-dealkylation sites (N-methyl/N-ethyl adjacent to an activating group) is 1. The molecule has 2 aliphatic heterocycles. The van der Waals surface area contributed by atoms with Crippen LogP contribution in [0.25, 0.3) is 0 Å². The highest BCUT2D eigenvalue weighted by molar-refractivity contribution is 5.89. The SMILES string of the molecule is CN1CCN(C(=O)C2CNC(=O)C2)CC1(C)C. The van der Waals surface area contributed by atoms with Crippen LogP contribution in [0.2, 0.25) is 0 Å². The molecule has 17 heavy (non-hydrogen) atoms. The van der Waals surface area contributed by atoms with E-state index in [-0.39, 0.29) is 23.3 Å². The summed E-state index contributed by atoms with van der Waals surface area (Å²) in [7, 11) is 2.09. The third kappa shape index (κ3) is 2.44. The summed E-state index contributed by atoms with van der Waals surface area (Å²) in [6.45, 7) is 7.20. The summed E-state index contributed by atoms with van der Waals surface area (Å²) in [4.78, 5) is 27.6. The van der Waals surface area contributed by atoms with E-state index >= 15 is 0 Å². The van der Waals surface area contributed by atoms with Crippen molar-refractivity contribution in [2.45, 2.75) is 25.8 Å². The second-order valence-corrected chi connectivity index (χ2v) is 5.70. The molecule has 1 unspecified atom stereocenters. The lowest BCUT2D eigenvalue weighted by molar-refractivity contribution is -0.140. The Balaban J connectivity index is 1.99. The van der Waals surface area contributed by atoms with Crippen LogP contribution in [0.4, 0.5) is 0 Å². The van der Waals surface area contributed by atoms with Gasteiger partial charge in [0.2, 0.25) is 11.8 Å². The van der Waals surface area contributed by atoms with Crippen LogP contribution in [0.15, 0.2) is 0 Å². The molecular formula is C12H21N3O2. The van der Waals surface area contributed by atoms with Gasteiger partial charge in [-0.3, -0.25) is 14.5 Å². The molecule has 2 fully saturated rings. The van der Waals surface area contributed by atoms with Crippen molar-refractivity contribution in [3.63, 3.8) is 0 Å². The zero-order valence-corrected chi connectivity index (χ0v) is 10.8. The first-order chi connectivity index (χ1) is 7.90. The van der Waals surface area contributed by atoms with Crippen molar-refractivity contribution in [2.24, 2.45) is 5.92 Å². The number of piperazine rings is 1. The van der Waals surface area contributed by atoms with E-state index in [0.717, 1.165) is 19.6 Å². The minimum Gasteiger partial charge on any atom is -0.355 e. The van der Waals surface area contributed by atoms with Crippen molar-refractivity contribution >= 4 is 11.8 Å². The summed E-state index contributed by atoms with van der Waals surface area (Å²) in [6, 6.07) is 0. The highest BCUT2D eigenvalue weighted by Crippen LogP contribution is 2.22. The minimum atomic E-state index is -0.151. The van der Waals surface area contributed by atoms with Crippen LogP contribution in [-0.4, -0.2) is 60.4 Å². The number of carbonyl (C=O) groups excluding carboxylic acids is 2. The molecule has 0 spiro atoms. The molecule has 5 nitrogen and oxygen atoms in total. The van der Waals surface area contributed by atoms with Gasteiger partial charge in [0.1, 0.15) is 0 Å². The molecule has 0 aliphatic carbocycles. The second kappa shape index (κ2) is 4.29. The number of hydrogen-bond donors (Lipinski definition) is 1. The quantitative estimate of drug-likeness (QED) is 0.682.